The molecule has 0 saturated carbocycles. The molecular weight excluding hydrogens is 400 g/mol. The van der Waals surface area contributed by atoms with Gasteiger partial charge in [-0.25, -0.2) is 0 Å². The Morgan fingerprint density at radius 1 is 0.469 bits per heavy atom. The third kappa shape index (κ3) is 10.7. The molecule has 0 aliphatic carbocycles. The van der Waals surface area contributed by atoms with Gasteiger partial charge >= 0.3 is 0 Å². The van der Waals surface area contributed by atoms with E-state index in [-0.39, 0.29) is 0 Å². The zero-order valence-electron chi connectivity index (χ0n) is 19.5. The molecule has 0 unspecified atom stereocenters. The SMILES string of the molecule is c1ccc(CN2CCCCCOCCN(Cc3ccccc3)CCOCCOCC2)cc1. The van der Waals surface area contributed by atoms with Gasteiger partial charge in [0.15, 0.2) is 0 Å². The van der Waals surface area contributed by atoms with Crippen molar-refractivity contribution in [1.82, 2.24) is 9.80 Å². The maximum atomic E-state index is 5.95. The van der Waals surface area contributed by atoms with Crippen LogP contribution in [0, 0.1) is 0 Å². The summed E-state index contributed by atoms with van der Waals surface area (Å²) in [5, 5.41) is 0. The summed E-state index contributed by atoms with van der Waals surface area (Å²) in [4.78, 5) is 4.92. The van der Waals surface area contributed by atoms with Crippen LogP contribution >= 0.6 is 0 Å². The van der Waals surface area contributed by atoms with Crippen molar-refractivity contribution in [3.63, 3.8) is 0 Å². The number of benzene rings is 2. The second-order valence-electron chi connectivity index (χ2n) is 8.42. The summed E-state index contributed by atoms with van der Waals surface area (Å²) >= 11 is 0. The molecule has 0 radical (unpaired) electrons. The number of hydrogen-bond acceptors (Lipinski definition) is 5. The van der Waals surface area contributed by atoms with Gasteiger partial charge in [-0.3, -0.25) is 9.80 Å². The van der Waals surface area contributed by atoms with Crippen LogP contribution < -0.4 is 0 Å². The van der Waals surface area contributed by atoms with Gasteiger partial charge < -0.3 is 14.2 Å². The lowest BCUT2D eigenvalue weighted by Gasteiger charge is -2.23. The van der Waals surface area contributed by atoms with Crippen molar-refractivity contribution in [1.29, 1.82) is 0 Å². The Morgan fingerprint density at radius 3 is 1.47 bits per heavy atom. The van der Waals surface area contributed by atoms with Crippen LogP contribution in [0.2, 0.25) is 0 Å². The number of hydrogen-bond donors (Lipinski definition) is 0. The fraction of sp³-hybridized carbons (Fsp3) is 0.556. The third-order valence-electron chi connectivity index (χ3n) is 5.79. The summed E-state index contributed by atoms with van der Waals surface area (Å²) in [6.07, 6.45) is 3.52. The Morgan fingerprint density at radius 2 is 0.938 bits per heavy atom. The Hall–Kier alpha value is -1.76. The molecule has 0 bridgehead atoms. The average Bonchev–Trinajstić information content (AvgIpc) is 2.82. The standard InChI is InChI=1S/C27H40N2O3/c1-4-10-26(11-5-1)24-28-14-8-3-9-18-30-19-16-29(25-27-12-6-2-7-13-27)17-21-32-23-22-31-20-15-28/h1-2,4-7,10-13H,3,8-9,14-25H2. The van der Waals surface area contributed by atoms with E-state index in [0.717, 1.165) is 72.1 Å². The van der Waals surface area contributed by atoms with Gasteiger partial charge in [0.25, 0.3) is 0 Å². The first-order valence-electron chi connectivity index (χ1n) is 12.2. The lowest BCUT2D eigenvalue weighted by molar-refractivity contribution is 0.0244. The summed E-state index contributed by atoms with van der Waals surface area (Å²) in [5.74, 6) is 0. The zero-order valence-corrected chi connectivity index (χ0v) is 19.5. The topological polar surface area (TPSA) is 34.2 Å². The molecule has 1 aliphatic heterocycles. The third-order valence-corrected chi connectivity index (χ3v) is 5.79. The molecule has 5 heteroatoms. The van der Waals surface area contributed by atoms with Crippen LogP contribution in [0.5, 0.6) is 0 Å². The smallest absolute Gasteiger partial charge is 0.0701 e. The first-order valence-corrected chi connectivity index (χ1v) is 12.2. The Balaban J connectivity index is 1.43. The van der Waals surface area contributed by atoms with E-state index >= 15 is 0 Å². The van der Waals surface area contributed by atoms with Crippen LogP contribution in [0.1, 0.15) is 30.4 Å². The van der Waals surface area contributed by atoms with Gasteiger partial charge in [0.05, 0.1) is 33.0 Å². The molecule has 1 heterocycles. The molecule has 1 aliphatic rings. The highest BCUT2D eigenvalue weighted by atomic mass is 16.5. The number of rotatable bonds is 4. The lowest BCUT2D eigenvalue weighted by atomic mass is 10.2. The molecule has 2 aromatic carbocycles. The summed E-state index contributed by atoms with van der Waals surface area (Å²) in [7, 11) is 0. The molecule has 1 saturated heterocycles. The molecule has 3 rings (SSSR count). The van der Waals surface area contributed by atoms with Crippen LogP contribution in [-0.2, 0) is 27.3 Å². The quantitative estimate of drug-likeness (QED) is 0.711. The first-order chi connectivity index (χ1) is 15.9. The van der Waals surface area contributed by atoms with Crippen molar-refractivity contribution in [2.45, 2.75) is 32.4 Å². The van der Waals surface area contributed by atoms with Gasteiger partial charge in [-0.05, 0) is 36.9 Å². The van der Waals surface area contributed by atoms with E-state index in [1.165, 1.54) is 24.0 Å². The molecule has 0 aromatic heterocycles. The van der Waals surface area contributed by atoms with Crippen LogP contribution in [0.3, 0.4) is 0 Å². The number of ether oxygens (including phenoxy) is 3. The van der Waals surface area contributed by atoms with Gasteiger partial charge in [0, 0.05) is 39.3 Å². The average molecular weight is 441 g/mol. The van der Waals surface area contributed by atoms with Crippen LogP contribution in [-0.4, -0.2) is 75.6 Å². The van der Waals surface area contributed by atoms with Crippen molar-refractivity contribution in [3.8, 4) is 0 Å². The molecule has 0 amide bonds. The Labute approximate surface area is 194 Å². The fourth-order valence-corrected chi connectivity index (χ4v) is 3.94. The van der Waals surface area contributed by atoms with Gasteiger partial charge in [-0.1, -0.05) is 60.7 Å². The predicted octanol–water partition coefficient (Wildman–Crippen LogP) is 4.22. The van der Waals surface area contributed by atoms with Gasteiger partial charge in [-0.2, -0.15) is 0 Å². The van der Waals surface area contributed by atoms with Crippen LogP contribution in [0.25, 0.3) is 0 Å². The zero-order chi connectivity index (χ0) is 22.1. The second-order valence-corrected chi connectivity index (χ2v) is 8.42. The van der Waals surface area contributed by atoms with Crippen molar-refractivity contribution in [2.24, 2.45) is 0 Å². The molecule has 5 nitrogen and oxygen atoms in total. The number of nitrogens with zero attached hydrogens (tertiary/aromatic N) is 2. The van der Waals surface area contributed by atoms with Crippen LogP contribution in [0.4, 0.5) is 0 Å². The molecule has 0 atom stereocenters. The highest BCUT2D eigenvalue weighted by Crippen LogP contribution is 2.08. The minimum atomic E-state index is 0.647. The van der Waals surface area contributed by atoms with E-state index in [1.807, 2.05) is 0 Å². The van der Waals surface area contributed by atoms with Crippen LogP contribution in [0.15, 0.2) is 60.7 Å². The Bertz CT molecular complexity index is 617. The monoisotopic (exact) mass is 440 g/mol. The molecule has 0 spiro atoms. The Kier molecular flexibility index (Phi) is 12.4. The van der Waals surface area contributed by atoms with Gasteiger partial charge in [0.2, 0.25) is 0 Å². The second kappa shape index (κ2) is 15.9. The van der Waals surface area contributed by atoms with E-state index < -0.39 is 0 Å². The predicted molar refractivity (Wildman–Crippen MR) is 130 cm³/mol. The summed E-state index contributed by atoms with van der Waals surface area (Å²) < 4.78 is 17.7. The first kappa shape index (κ1) is 24.9. The molecule has 176 valence electrons. The maximum absolute atomic E-state index is 5.95. The molecule has 1 fully saturated rings. The fourth-order valence-electron chi connectivity index (χ4n) is 3.94. The summed E-state index contributed by atoms with van der Waals surface area (Å²) in [6.45, 7) is 10.2. The van der Waals surface area contributed by atoms with Crippen molar-refractivity contribution in [3.05, 3.63) is 71.8 Å². The normalized spacial score (nSPS) is 19.8. The van der Waals surface area contributed by atoms with E-state index in [4.69, 9.17) is 14.2 Å². The van der Waals surface area contributed by atoms with Crippen molar-refractivity contribution in [2.75, 3.05) is 65.8 Å². The highest BCUT2D eigenvalue weighted by Gasteiger charge is 2.08. The molecule has 2 aromatic rings. The van der Waals surface area contributed by atoms with Gasteiger partial charge in [0.1, 0.15) is 0 Å². The van der Waals surface area contributed by atoms with E-state index in [9.17, 15) is 0 Å². The maximum Gasteiger partial charge on any atom is 0.0701 e. The molecular formula is C27H40N2O3. The van der Waals surface area contributed by atoms with E-state index in [2.05, 4.69) is 70.5 Å². The minimum Gasteiger partial charge on any atom is -0.380 e. The molecule has 0 N–H and O–H groups in total. The minimum absolute atomic E-state index is 0.647. The summed E-state index contributed by atoms with van der Waals surface area (Å²) in [6, 6.07) is 21.3. The summed E-state index contributed by atoms with van der Waals surface area (Å²) in [5.41, 5.74) is 2.69. The van der Waals surface area contributed by atoms with E-state index in [0.29, 0.717) is 13.2 Å². The largest absolute Gasteiger partial charge is 0.380 e. The highest BCUT2D eigenvalue weighted by molar-refractivity contribution is 5.15. The van der Waals surface area contributed by atoms with Crippen molar-refractivity contribution < 1.29 is 14.2 Å². The van der Waals surface area contributed by atoms with Crippen molar-refractivity contribution >= 4 is 0 Å². The van der Waals surface area contributed by atoms with E-state index in [1.54, 1.807) is 0 Å². The molecule has 32 heavy (non-hydrogen) atoms. The lowest BCUT2D eigenvalue weighted by Crippen LogP contribution is -2.31. The van der Waals surface area contributed by atoms with Gasteiger partial charge in [-0.15, -0.1) is 0 Å².